The minimum absolute atomic E-state index is 0.152. The number of hydrogen-bond acceptors (Lipinski definition) is 4. The molecule has 1 aliphatic rings. The topological polar surface area (TPSA) is 74.7 Å². The molecule has 5 rings (SSSR count). The van der Waals surface area contributed by atoms with Gasteiger partial charge in [-0.05, 0) is 29.8 Å². The zero-order valence-electron chi connectivity index (χ0n) is 16.4. The summed E-state index contributed by atoms with van der Waals surface area (Å²) in [5, 5.41) is 23.1. The molecular weight excluding hydrogens is 391 g/mol. The van der Waals surface area contributed by atoms with E-state index in [0.717, 1.165) is 16.8 Å². The van der Waals surface area contributed by atoms with Crippen LogP contribution in [0.25, 0.3) is 16.9 Å². The number of hydrogen-bond donors (Lipinski definition) is 1. The number of nitriles is 1. The second-order valence-corrected chi connectivity index (χ2v) is 7.28. The number of benzene rings is 3. The number of fused-ring (bicyclic) bond motifs is 1. The Bertz CT molecular complexity index is 1290. The summed E-state index contributed by atoms with van der Waals surface area (Å²) in [5.41, 5.74) is 3.76. The van der Waals surface area contributed by atoms with Gasteiger partial charge in [0.1, 0.15) is 17.4 Å². The van der Waals surface area contributed by atoms with Gasteiger partial charge in [-0.2, -0.15) is 15.0 Å². The number of nitrogens with zero attached hydrogens (tertiary/aromatic N) is 3. The lowest BCUT2D eigenvalue weighted by Crippen LogP contribution is -2.31. The van der Waals surface area contributed by atoms with Gasteiger partial charge >= 0.3 is 0 Å². The third kappa shape index (κ3) is 3.17. The van der Waals surface area contributed by atoms with E-state index < -0.39 is 11.8 Å². The maximum absolute atomic E-state index is 13.6. The normalized spacial score (nSPS) is 17.5. The molecule has 0 amide bonds. The molecule has 0 saturated heterocycles. The van der Waals surface area contributed by atoms with E-state index in [-0.39, 0.29) is 11.7 Å². The molecule has 0 fully saturated rings. The van der Waals surface area contributed by atoms with Crippen molar-refractivity contribution >= 4 is 5.90 Å². The predicted molar refractivity (Wildman–Crippen MR) is 115 cm³/mol. The molecule has 2 heterocycles. The Hall–Kier alpha value is -4.24. The average molecular weight is 408 g/mol. The van der Waals surface area contributed by atoms with Crippen molar-refractivity contribution in [2.75, 3.05) is 0 Å². The van der Waals surface area contributed by atoms with Gasteiger partial charge in [-0.15, -0.1) is 0 Å². The van der Waals surface area contributed by atoms with Crippen LogP contribution in [-0.2, 0) is 0 Å². The van der Waals surface area contributed by atoms with E-state index in [9.17, 15) is 9.65 Å². The van der Waals surface area contributed by atoms with Crippen molar-refractivity contribution in [3.05, 3.63) is 102 Å². The summed E-state index contributed by atoms with van der Waals surface area (Å²) in [6.45, 7) is 0. The highest BCUT2D eigenvalue weighted by Crippen LogP contribution is 2.47. The van der Waals surface area contributed by atoms with Crippen molar-refractivity contribution < 1.29 is 9.13 Å². The van der Waals surface area contributed by atoms with Gasteiger partial charge in [-0.3, -0.25) is 5.41 Å². The molecule has 1 aliphatic heterocycles. The molecule has 2 unspecified atom stereocenters. The van der Waals surface area contributed by atoms with Gasteiger partial charge in [0.2, 0.25) is 11.8 Å². The standard InChI is InChI=1S/C25H17FN4O/c26-18-13-11-16(12-14-18)21-20(15-27)24(28)31-25-22(21)23(17-7-3-1-4-8-17)29-30(25)19-9-5-2-6-10-19/h1-14,20-21,28H. The van der Waals surface area contributed by atoms with Crippen molar-refractivity contribution in [2.45, 2.75) is 5.92 Å². The van der Waals surface area contributed by atoms with Crippen molar-refractivity contribution in [1.29, 1.82) is 10.7 Å². The smallest absolute Gasteiger partial charge is 0.228 e. The summed E-state index contributed by atoms with van der Waals surface area (Å²) >= 11 is 0. The Labute approximate surface area is 178 Å². The molecule has 1 N–H and O–H groups in total. The summed E-state index contributed by atoms with van der Waals surface area (Å²) in [6.07, 6.45) is 0. The van der Waals surface area contributed by atoms with Gasteiger partial charge in [0.05, 0.1) is 17.3 Å². The van der Waals surface area contributed by atoms with Crippen LogP contribution >= 0.6 is 0 Å². The molecule has 4 aromatic rings. The van der Waals surface area contributed by atoms with Crippen LogP contribution in [0.3, 0.4) is 0 Å². The average Bonchev–Trinajstić information content (AvgIpc) is 3.19. The maximum atomic E-state index is 13.6. The molecular formula is C25H17FN4O. The Morgan fingerprint density at radius 3 is 2.23 bits per heavy atom. The van der Waals surface area contributed by atoms with Gasteiger partial charge in [0.25, 0.3) is 0 Å². The Balaban J connectivity index is 1.82. The lowest BCUT2D eigenvalue weighted by molar-refractivity contribution is 0.424. The summed E-state index contributed by atoms with van der Waals surface area (Å²) < 4.78 is 21.2. The van der Waals surface area contributed by atoms with Crippen molar-refractivity contribution in [3.63, 3.8) is 0 Å². The van der Waals surface area contributed by atoms with E-state index in [2.05, 4.69) is 6.07 Å². The van der Waals surface area contributed by atoms with Crippen LogP contribution in [0.1, 0.15) is 17.0 Å². The van der Waals surface area contributed by atoms with Crippen LogP contribution in [0.15, 0.2) is 84.9 Å². The molecule has 31 heavy (non-hydrogen) atoms. The van der Waals surface area contributed by atoms with Gasteiger partial charge in [-0.1, -0.05) is 60.7 Å². The van der Waals surface area contributed by atoms with Gasteiger partial charge in [0, 0.05) is 11.5 Å². The van der Waals surface area contributed by atoms with E-state index in [0.29, 0.717) is 17.1 Å². The molecule has 0 radical (unpaired) electrons. The Morgan fingerprint density at radius 2 is 1.58 bits per heavy atom. The van der Waals surface area contributed by atoms with Crippen LogP contribution in [-0.4, -0.2) is 15.7 Å². The molecule has 5 nitrogen and oxygen atoms in total. The van der Waals surface area contributed by atoms with Crippen LogP contribution in [0.4, 0.5) is 4.39 Å². The number of nitrogens with one attached hydrogen (secondary N) is 1. The first-order chi connectivity index (χ1) is 15.2. The van der Waals surface area contributed by atoms with E-state index in [4.69, 9.17) is 15.2 Å². The molecule has 6 heteroatoms. The zero-order valence-corrected chi connectivity index (χ0v) is 16.4. The number of halogens is 1. The third-order valence-electron chi connectivity index (χ3n) is 5.43. The third-order valence-corrected chi connectivity index (χ3v) is 5.43. The van der Waals surface area contributed by atoms with E-state index in [1.165, 1.54) is 12.1 Å². The summed E-state index contributed by atoms with van der Waals surface area (Å²) in [7, 11) is 0. The quantitative estimate of drug-likeness (QED) is 0.499. The van der Waals surface area contributed by atoms with Gasteiger partial charge < -0.3 is 4.74 Å². The fourth-order valence-corrected chi connectivity index (χ4v) is 3.99. The Kier molecular flexibility index (Phi) is 4.57. The fraction of sp³-hybridized carbons (Fsp3) is 0.0800. The minimum Gasteiger partial charge on any atom is -0.423 e. The zero-order chi connectivity index (χ0) is 21.4. The highest BCUT2D eigenvalue weighted by Gasteiger charge is 2.42. The van der Waals surface area contributed by atoms with Crippen LogP contribution in [0.2, 0.25) is 0 Å². The molecule has 150 valence electrons. The maximum Gasteiger partial charge on any atom is 0.228 e. The molecule has 0 aliphatic carbocycles. The number of rotatable bonds is 3. The van der Waals surface area contributed by atoms with Crippen molar-refractivity contribution in [2.24, 2.45) is 5.92 Å². The van der Waals surface area contributed by atoms with Crippen LogP contribution < -0.4 is 4.74 Å². The number of para-hydroxylation sites is 1. The first-order valence-electron chi connectivity index (χ1n) is 9.82. The second-order valence-electron chi connectivity index (χ2n) is 7.28. The minimum atomic E-state index is -0.853. The number of ether oxygens (including phenoxy) is 1. The molecule has 0 saturated carbocycles. The largest absolute Gasteiger partial charge is 0.423 e. The predicted octanol–water partition coefficient (Wildman–Crippen LogP) is 5.32. The van der Waals surface area contributed by atoms with Crippen LogP contribution in [0.5, 0.6) is 5.88 Å². The Morgan fingerprint density at radius 1 is 0.935 bits per heavy atom. The first kappa shape index (κ1) is 18.8. The van der Waals surface area contributed by atoms with E-state index >= 15 is 0 Å². The van der Waals surface area contributed by atoms with Crippen molar-refractivity contribution in [3.8, 4) is 28.9 Å². The monoisotopic (exact) mass is 408 g/mol. The van der Waals surface area contributed by atoms with Gasteiger partial charge in [-0.25, -0.2) is 4.39 Å². The molecule has 2 atom stereocenters. The summed E-state index contributed by atoms with van der Waals surface area (Å²) in [6, 6.07) is 27.4. The highest BCUT2D eigenvalue weighted by atomic mass is 19.1. The second kappa shape index (κ2) is 7.54. The lowest BCUT2D eigenvalue weighted by Gasteiger charge is -2.29. The molecule has 0 spiro atoms. The number of aromatic nitrogens is 2. The molecule has 0 bridgehead atoms. The fourth-order valence-electron chi connectivity index (χ4n) is 3.99. The summed E-state index contributed by atoms with van der Waals surface area (Å²) in [5.74, 6) is -1.48. The highest BCUT2D eigenvalue weighted by molar-refractivity contribution is 5.87. The van der Waals surface area contributed by atoms with E-state index in [1.807, 2.05) is 60.7 Å². The van der Waals surface area contributed by atoms with Gasteiger partial charge in [0.15, 0.2) is 0 Å². The lowest BCUT2D eigenvalue weighted by atomic mass is 9.79. The molecule has 3 aromatic carbocycles. The van der Waals surface area contributed by atoms with Crippen LogP contribution in [0, 0.1) is 28.5 Å². The molecule has 1 aromatic heterocycles. The van der Waals surface area contributed by atoms with Crippen molar-refractivity contribution in [1.82, 2.24) is 9.78 Å². The SMILES string of the molecule is N#CC1C(=N)Oc2c(c(-c3ccccc3)nn2-c2ccccc2)C1c1ccc(F)cc1. The first-order valence-corrected chi connectivity index (χ1v) is 9.82. The summed E-state index contributed by atoms with van der Waals surface area (Å²) in [4.78, 5) is 0. The van der Waals surface area contributed by atoms with E-state index in [1.54, 1.807) is 16.8 Å².